The third kappa shape index (κ3) is 4.31. The van der Waals surface area contributed by atoms with Crippen molar-refractivity contribution in [1.29, 1.82) is 0 Å². The Balaban J connectivity index is 1.37. The van der Waals surface area contributed by atoms with Crippen molar-refractivity contribution < 1.29 is 14.3 Å². The molecular weight excluding hydrogens is 411 g/mol. The van der Waals surface area contributed by atoms with Gasteiger partial charge in [-0.3, -0.25) is 4.79 Å². The quantitative estimate of drug-likeness (QED) is 0.597. The second-order valence-electron chi connectivity index (χ2n) is 7.17. The highest BCUT2D eigenvalue weighted by atomic mass is 35.5. The summed E-state index contributed by atoms with van der Waals surface area (Å²) >= 11 is 12.1. The Bertz CT molecular complexity index is 1030. The number of nitrogens with one attached hydrogen (secondary N) is 1. The van der Waals surface area contributed by atoms with Gasteiger partial charge >= 0.3 is 0 Å². The molecule has 3 aromatic rings. The second kappa shape index (κ2) is 8.56. The molecule has 7 heteroatoms. The summed E-state index contributed by atoms with van der Waals surface area (Å²) in [6, 6.07) is 11.0. The molecule has 2 aromatic carbocycles. The van der Waals surface area contributed by atoms with Crippen molar-refractivity contribution in [2.75, 3.05) is 26.8 Å². The van der Waals surface area contributed by atoms with Crippen molar-refractivity contribution in [3.63, 3.8) is 0 Å². The predicted octanol–water partition coefficient (Wildman–Crippen LogP) is 5.27. The zero-order chi connectivity index (χ0) is 20.4. The Morgan fingerprint density at radius 3 is 2.72 bits per heavy atom. The number of hydrogen-bond donors (Lipinski definition) is 1. The number of rotatable bonds is 5. The summed E-state index contributed by atoms with van der Waals surface area (Å²) in [6.45, 7) is 1.36. The molecule has 1 saturated heterocycles. The summed E-state index contributed by atoms with van der Waals surface area (Å²) in [4.78, 5) is 17.8. The lowest BCUT2D eigenvalue weighted by atomic mass is 9.89. The molecule has 1 aliphatic rings. The van der Waals surface area contributed by atoms with Crippen LogP contribution in [0.3, 0.4) is 0 Å². The number of likely N-dealkylation sites (tertiary alicyclic amines) is 1. The number of H-pyrrole nitrogens is 1. The first kappa shape index (κ1) is 19.9. The fourth-order valence-electron chi connectivity index (χ4n) is 3.84. The molecule has 1 aliphatic heterocycles. The highest BCUT2D eigenvalue weighted by Crippen LogP contribution is 2.35. The molecule has 152 valence electrons. The molecule has 0 saturated carbocycles. The number of ether oxygens (including phenoxy) is 2. The normalized spacial score (nSPS) is 14.9. The molecule has 4 rings (SSSR count). The van der Waals surface area contributed by atoms with Gasteiger partial charge in [0.2, 0.25) is 0 Å². The van der Waals surface area contributed by atoms with E-state index in [-0.39, 0.29) is 12.5 Å². The Hall–Kier alpha value is -2.37. The summed E-state index contributed by atoms with van der Waals surface area (Å²) in [7, 11) is 1.68. The number of carbonyl (C=O) groups is 1. The van der Waals surface area contributed by atoms with E-state index in [1.807, 2.05) is 17.0 Å². The van der Waals surface area contributed by atoms with Gasteiger partial charge in [-0.15, -0.1) is 0 Å². The summed E-state index contributed by atoms with van der Waals surface area (Å²) in [6.07, 6.45) is 3.90. The average Bonchev–Trinajstić information content (AvgIpc) is 3.17. The molecule has 0 unspecified atom stereocenters. The van der Waals surface area contributed by atoms with Crippen LogP contribution in [0.1, 0.15) is 24.3 Å². The van der Waals surface area contributed by atoms with Crippen molar-refractivity contribution in [3.05, 3.63) is 58.2 Å². The van der Waals surface area contributed by atoms with Crippen molar-refractivity contribution in [1.82, 2.24) is 9.88 Å². The molecule has 29 heavy (non-hydrogen) atoms. The van der Waals surface area contributed by atoms with E-state index in [1.165, 1.54) is 10.9 Å². The van der Waals surface area contributed by atoms with E-state index >= 15 is 0 Å². The maximum Gasteiger partial charge on any atom is 0.260 e. The molecule has 1 amide bonds. The first-order chi connectivity index (χ1) is 14.0. The third-order valence-electron chi connectivity index (χ3n) is 5.45. The highest BCUT2D eigenvalue weighted by Gasteiger charge is 2.26. The zero-order valence-electron chi connectivity index (χ0n) is 16.1. The Labute approximate surface area is 179 Å². The van der Waals surface area contributed by atoms with Crippen LogP contribution in [0.4, 0.5) is 0 Å². The van der Waals surface area contributed by atoms with Crippen LogP contribution in [-0.2, 0) is 4.79 Å². The maximum atomic E-state index is 12.6. The molecule has 1 fully saturated rings. The highest BCUT2D eigenvalue weighted by molar-refractivity contribution is 6.34. The SMILES string of the molecule is COc1ccc2[nH]cc(C3CCN(C(=O)COc4cc(Cl)ccc4Cl)CC3)c2c1. The molecule has 1 N–H and O–H groups in total. The lowest BCUT2D eigenvalue weighted by molar-refractivity contribution is -0.134. The Morgan fingerprint density at radius 1 is 1.17 bits per heavy atom. The fourth-order valence-corrected chi connectivity index (χ4v) is 4.18. The minimum atomic E-state index is -0.0466. The largest absolute Gasteiger partial charge is 0.497 e. The third-order valence-corrected chi connectivity index (χ3v) is 6.00. The van der Waals surface area contributed by atoms with Crippen molar-refractivity contribution in [2.45, 2.75) is 18.8 Å². The van der Waals surface area contributed by atoms with Crippen molar-refractivity contribution in [3.8, 4) is 11.5 Å². The predicted molar refractivity (Wildman–Crippen MR) is 115 cm³/mol. The number of amides is 1. The van der Waals surface area contributed by atoms with E-state index in [1.54, 1.807) is 25.3 Å². The summed E-state index contributed by atoms with van der Waals surface area (Å²) in [5, 5.41) is 2.15. The van der Waals surface area contributed by atoms with E-state index in [4.69, 9.17) is 32.7 Å². The van der Waals surface area contributed by atoms with Crippen LogP contribution in [0, 0.1) is 0 Å². The van der Waals surface area contributed by atoms with Gasteiger partial charge in [-0.2, -0.15) is 0 Å². The van der Waals surface area contributed by atoms with Gasteiger partial charge in [0.15, 0.2) is 6.61 Å². The molecule has 5 nitrogen and oxygen atoms in total. The molecule has 0 bridgehead atoms. The van der Waals surface area contributed by atoms with Crippen LogP contribution in [0.25, 0.3) is 10.9 Å². The van der Waals surface area contributed by atoms with Crippen molar-refractivity contribution in [2.24, 2.45) is 0 Å². The minimum Gasteiger partial charge on any atom is -0.497 e. The smallest absolute Gasteiger partial charge is 0.260 e. The van der Waals surface area contributed by atoms with Gasteiger partial charge < -0.3 is 19.4 Å². The summed E-state index contributed by atoms with van der Waals surface area (Å²) < 4.78 is 11.0. The van der Waals surface area contributed by atoms with Crippen LogP contribution < -0.4 is 9.47 Å². The number of benzene rings is 2. The van der Waals surface area contributed by atoms with Crippen LogP contribution in [0.2, 0.25) is 10.0 Å². The van der Waals surface area contributed by atoms with E-state index in [9.17, 15) is 4.79 Å². The lowest BCUT2D eigenvalue weighted by Crippen LogP contribution is -2.40. The molecule has 0 spiro atoms. The zero-order valence-corrected chi connectivity index (χ0v) is 17.6. The van der Waals surface area contributed by atoms with E-state index in [2.05, 4.69) is 17.2 Å². The number of piperidine rings is 1. The topological polar surface area (TPSA) is 54.6 Å². The number of aromatic amines is 1. The lowest BCUT2D eigenvalue weighted by Gasteiger charge is -2.32. The molecule has 0 atom stereocenters. The number of aromatic nitrogens is 1. The van der Waals surface area contributed by atoms with Gasteiger partial charge in [-0.25, -0.2) is 0 Å². The first-order valence-electron chi connectivity index (χ1n) is 9.56. The summed E-state index contributed by atoms with van der Waals surface area (Å²) in [5.74, 6) is 1.64. The first-order valence-corrected chi connectivity index (χ1v) is 10.3. The standard InChI is InChI=1S/C22H22Cl2N2O3/c1-28-16-3-5-20-17(11-16)18(12-25-20)14-6-8-26(9-7-14)22(27)13-29-21-10-15(23)2-4-19(21)24/h2-5,10-12,14,25H,6-9,13H2,1H3. The van der Waals surface area contributed by atoms with Crippen LogP contribution in [-0.4, -0.2) is 42.6 Å². The van der Waals surface area contributed by atoms with Crippen LogP contribution in [0.5, 0.6) is 11.5 Å². The molecular formula is C22H22Cl2N2O3. The van der Waals surface area contributed by atoms with Gasteiger partial charge in [0.25, 0.3) is 5.91 Å². The van der Waals surface area contributed by atoms with E-state index in [0.29, 0.717) is 34.8 Å². The van der Waals surface area contributed by atoms with Gasteiger partial charge in [-0.05, 0) is 54.7 Å². The van der Waals surface area contributed by atoms with E-state index in [0.717, 1.165) is 24.1 Å². The van der Waals surface area contributed by atoms with Gasteiger partial charge in [-0.1, -0.05) is 23.2 Å². The molecule has 0 aliphatic carbocycles. The number of halogens is 2. The fraction of sp³-hybridized carbons (Fsp3) is 0.318. The average molecular weight is 433 g/mol. The van der Waals surface area contributed by atoms with Crippen LogP contribution >= 0.6 is 23.2 Å². The number of fused-ring (bicyclic) bond motifs is 1. The van der Waals surface area contributed by atoms with Crippen LogP contribution in [0.15, 0.2) is 42.6 Å². The van der Waals surface area contributed by atoms with Gasteiger partial charge in [0.05, 0.1) is 12.1 Å². The molecule has 1 aromatic heterocycles. The number of hydrogen-bond acceptors (Lipinski definition) is 3. The monoisotopic (exact) mass is 432 g/mol. The van der Waals surface area contributed by atoms with E-state index < -0.39 is 0 Å². The molecule has 0 radical (unpaired) electrons. The summed E-state index contributed by atoms with van der Waals surface area (Å²) in [5.41, 5.74) is 2.39. The number of carbonyl (C=O) groups excluding carboxylic acids is 1. The number of methoxy groups -OCH3 is 1. The maximum absolute atomic E-state index is 12.6. The number of nitrogens with zero attached hydrogens (tertiary/aromatic N) is 1. The van der Waals surface area contributed by atoms with Gasteiger partial charge in [0, 0.05) is 41.3 Å². The molecule has 2 heterocycles. The van der Waals surface area contributed by atoms with Crippen molar-refractivity contribution >= 4 is 40.0 Å². The second-order valence-corrected chi connectivity index (χ2v) is 8.02. The minimum absolute atomic E-state index is 0.0416. The Kier molecular flexibility index (Phi) is 5.88. The van der Waals surface area contributed by atoms with Gasteiger partial charge in [0.1, 0.15) is 11.5 Å². The Morgan fingerprint density at radius 2 is 1.97 bits per heavy atom.